The van der Waals surface area contributed by atoms with Crippen LogP contribution in [0.1, 0.15) is 71.4 Å². The summed E-state index contributed by atoms with van der Waals surface area (Å²) in [7, 11) is 0. The molecular formula is C19H21ClO3. The Morgan fingerprint density at radius 3 is 2.57 bits per heavy atom. The summed E-state index contributed by atoms with van der Waals surface area (Å²) in [6.07, 6.45) is 3.23. The Morgan fingerprint density at radius 1 is 1.30 bits per heavy atom. The van der Waals surface area contributed by atoms with E-state index in [2.05, 4.69) is 0 Å². The van der Waals surface area contributed by atoms with Crippen LogP contribution in [0, 0.1) is 18.3 Å². The number of ketones is 3. The van der Waals surface area contributed by atoms with E-state index in [0.717, 1.165) is 36.8 Å². The maximum atomic E-state index is 12.8. The number of carbonyl (C=O) groups is 3. The Kier molecular flexibility index (Phi) is 3.96. The normalized spacial score (nSPS) is 19.4. The average Bonchev–Trinajstić information content (AvgIpc) is 3.30. The van der Waals surface area contributed by atoms with Crippen LogP contribution in [-0.4, -0.2) is 17.3 Å². The molecule has 0 saturated heterocycles. The smallest absolute Gasteiger partial charge is 0.171 e. The van der Waals surface area contributed by atoms with Crippen molar-refractivity contribution in [1.82, 2.24) is 0 Å². The molecule has 2 aliphatic carbocycles. The van der Waals surface area contributed by atoms with E-state index < -0.39 is 5.41 Å². The molecule has 0 aromatic heterocycles. The number of Topliss-reactive ketones (excluding diaryl/α,β-unsaturated/α-hetero) is 3. The first-order chi connectivity index (χ1) is 10.7. The molecule has 0 N–H and O–H groups in total. The molecular weight excluding hydrogens is 312 g/mol. The summed E-state index contributed by atoms with van der Waals surface area (Å²) < 4.78 is 0. The predicted molar refractivity (Wildman–Crippen MR) is 89.3 cm³/mol. The van der Waals surface area contributed by atoms with Crippen molar-refractivity contribution in [2.75, 3.05) is 0 Å². The molecule has 2 aliphatic rings. The lowest BCUT2D eigenvalue weighted by atomic mass is 9.71. The Hall–Kier alpha value is -1.48. The van der Waals surface area contributed by atoms with Crippen LogP contribution in [0.2, 0.25) is 5.02 Å². The number of rotatable bonds is 4. The Balaban J connectivity index is 2.01. The zero-order chi connectivity index (χ0) is 16.9. The van der Waals surface area contributed by atoms with Gasteiger partial charge < -0.3 is 0 Å². The third-order valence-corrected chi connectivity index (χ3v) is 5.50. The minimum absolute atomic E-state index is 0.00461. The molecule has 1 fully saturated rings. The van der Waals surface area contributed by atoms with Crippen LogP contribution in [-0.2, 0) is 11.2 Å². The number of benzene rings is 1. The summed E-state index contributed by atoms with van der Waals surface area (Å²) in [6, 6.07) is 1.75. The largest absolute Gasteiger partial charge is 0.299 e. The maximum absolute atomic E-state index is 12.8. The topological polar surface area (TPSA) is 51.2 Å². The van der Waals surface area contributed by atoms with Crippen molar-refractivity contribution >= 4 is 29.0 Å². The van der Waals surface area contributed by atoms with Gasteiger partial charge in [0.15, 0.2) is 11.6 Å². The lowest BCUT2D eigenvalue weighted by Crippen LogP contribution is -2.31. The molecule has 122 valence electrons. The van der Waals surface area contributed by atoms with Crippen LogP contribution in [0.5, 0.6) is 0 Å². The van der Waals surface area contributed by atoms with E-state index in [4.69, 9.17) is 11.6 Å². The molecule has 3 rings (SSSR count). The third-order valence-electron chi connectivity index (χ3n) is 5.10. The molecule has 4 heteroatoms. The second-order valence-electron chi connectivity index (χ2n) is 7.46. The molecule has 0 unspecified atom stereocenters. The van der Waals surface area contributed by atoms with E-state index in [1.54, 1.807) is 6.07 Å². The number of hydrogen-bond acceptors (Lipinski definition) is 3. The molecule has 0 amide bonds. The summed E-state index contributed by atoms with van der Waals surface area (Å²) in [5.41, 5.74) is 2.21. The highest BCUT2D eigenvalue weighted by atomic mass is 35.5. The summed E-state index contributed by atoms with van der Waals surface area (Å²) in [4.78, 5) is 37.2. The second kappa shape index (κ2) is 5.55. The fourth-order valence-electron chi connectivity index (χ4n) is 3.29. The predicted octanol–water partition coefficient (Wildman–Crippen LogP) is 4.36. The van der Waals surface area contributed by atoms with Gasteiger partial charge in [-0.15, -0.1) is 0 Å². The van der Waals surface area contributed by atoms with E-state index in [9.17, 15) is 14.4 Å². The zero-order valence-electron chi connectivity index (χ0n) is 13.8. The molecule has 1 saturated carbocycles. The molecule has 0 atom stereocenters. The van der Waals surface area contributed by atoms with Crippen molar-refractivity contribution in [1.29, 1.82) is 0 Å². The van der Waals surface area contributed by atoms with E-state index >= 15 is 0 Å². The van der Waals surface area contributed by atoms with E-state index in [0.29, 0.717) is 11.1 Å². The third kappa shape index (κ3) is 2.87. The Morgan fingerprint density at radius 2 is 1.96 bits per heavy atom. The Labute approximate surface area is 141 Å². The van der Waals surface area contributed by atoms with Crippen LogP contribution in [0.25, 0.3) is 0 Å². The van der Waals surface area contributed by atoms with Crippen molar-refractivity contribution in [3.8, 4) is 0 Å². The van der Waals surface area contributed by atoms with E-state index in [1.807, 2.05) is 20.8 Å². The average molecular weight is 333 g/mol. The molecule has 0 aliphatic heterocycles. The summed E-state index contributed by atoms with van der Waals surface area (Å²) >= 11 is 6.44. The molecule has 3 nitrogen and oxygen atoms in total. The first-order valence-electron chi connectivity index (χ1n) is 8.15. The highest BCUT2D eigenvalue weighted by Crippen LogP contribution is 2.41. The molecule has 0 spiro atoms. The van der Waals surface area contributed by atoms with Crippen LogP contribution in [0.15, 0.2) is 6.07 Å². The van der Waals surface area contributed by atoms with Crippen LogP contribution < -0.4 is 0 Å². The lowest BCUT2D eigenvalue weighted by molar-refractivity contribution is -0.119. The van der Waals surface area contributed by atoms with Gasteiger partial charge in [0.1, 0.15) is 5.78 Å². The minimum atomic E-state index is -0.464. The van der Waals surface area contributed by atoms with Gasteiger partial charge in [0.25, 0.3) is 0 Å². The fourth-order valence-corrected chi connectivity index (χ4v) is 3.65. The van der Waals surface area contributed by atoms with Crippen molar-refractivity contribution in [2.45, 2.75) is 52.9 Å². The van der Waals surface area contributed by atoms with Crippen LogP contribution >= 0.6 is 11.6 Å². The molecule has 1 aromatic carbocycles. The van der Waals surface area contributed by atoms with Gasteiger partial charge in [0.05, 0.1) is 11.4 Å². The monoisotopic (exact) mass is 332 g/mol. The molecule has 0 bridgehead atoms. The summed E-state index contributed by atoms with van der Waals surface area (Å²) in [5, 5.41) is 0.233. The van der Waals surface area contributed by atoms with Crippen molar-refractivity contribution in [3.63, 3.8) is 0 Å². The van der Waals surface area contributed by atoms with Gasteiger partial charge in [0.2, 0.25) is 0 Å². The first-order valence-corrected chi connectivity index (χ1v) is 8.53. The number of aryl methyl sites for hydroxylation is 1. The van der Waals surface area contributed by atoms with Crippen molar-refractivity contribution in [2.24, 2.45) is 11.3 Å². The zero-order valence-corrected chi connectivity index (χ0v) is 14.5. The molecule has 1 aromatic rings. The SMILES string of the molecule is Cc1cc(C(=O)CC(=O)C2CC2)c(Cl)c2c1CCC(C)(C)C2=O. The lowest BCUT2D eigenvalue weighted by Gasteiger charge is -2.31. The minimum Gasteiger partial charge on any atom is -0.299 e. The maximum Gasteiger partial charge on any atom is 0.171 e. The van der Waals surface area contributed by atoms with Gasteiger partial charge >= 0.3 is 0 Å². The molecule has 23 heavy (non-hydrogen) atoms. The number of hydrogen-bond donors (Lipinski definition) is 0. The summed E-state index contributed by atoms with van der Waals surface area (Å²) in [6.45, 7) is 5.73. The first kappa shape index (κ1) is 16.4. The van der Waals surface area contributed by atoms with E-state index in [-0.39, 0.29) is 34.7 Å². The number of carbonyl (C=O) groups excluding carboxylic acids is 3. The van der Waals surface area contributed by atoms with Gasteiger partial charge in [-0.05, 0) is 49.8 Å². The highest BCUT2D eigenvalue weighted by Gasteiger charge is 2.38. The number of halogens is 1. The van der Waals surface area contributed by atoms with Gasteiger partial charge in [-0.2, -0.15) is 0 Å². The van der Waals surface area contributed by atoms with Gasteiger partial charge in [-0.1, -0.05) is 25.4 Å². The molecule has 0 heterocycles. The number of fused-ring (bicyclic) bond motifs is 1. The van der Waals surface area contributed by atoms with Gasteiger partial charge in [0, 0.05) is 22.5 Å². The van der Waals surface area contributed by atoms with Crippen LogP contribution in [0.3, 0.4) is 0 Å². The second-order valence-corrected chi connectivity index (χ2v) is 7.84. The highest BCUT2D eigenvalue weighted by molar-refractivity contribution is 6.38. The van der Waals surface area contributed by atoms with Crippen molar-refractivity contribution in [3.05, 3.63) is 33.3 Å². The van der Waals surface area contributed by atoms with Gasteiger partial charge in [-0.3, -0.25) is 14.4 Å². The Bertz CT molecular complexity index is 727. The van der Waals surface area contributed by atoms with Crippen molar-refractivity contribution < 1.29 is 14.4 Å². The van der Waals surface area contributed by atoms with Crippen LogP contribution in [0.4, 0.5) is 0 Å². The van der Waals surface area contributed by atoms with Gasteiger partial charge in [-0.25, -0.2) is 0 Å². The quantitative estimate of drug-likeness (QED) is 0.608. The summed E-state index contributed by atoms with van der Waals surface area (Å²) in [5.74, 6) is -0.228. The fraction of sp³-hybridized carbons (Fsp3) is 0.526. The molecule has 0 radical (unpaired) electrons. The standard InChI is InChI=1S/C19H21ClO3/c1-10-8-13(15(22)9-14(21)11-4-5-11)17(20)16-12(10)6-7-19(2,3)18(16)23/h8,11H,4-7,9H2,1-3H3. The van der Waals surface area contributed by atoms with E-state index in [1.165, 1.54) is 0 Å².